The molecular weight excluding hydrogens is 385 g/mol. The average Bonchev–Trinajstić information content (AvgIpc) is 2.55. The molecule has 27 heavy (non-hydrogen) atoms. The summed E-state index contributed by atoms with van der Waals surface area (Å²) in [5.41, 5.74) is 0.965. The van der Waals surface area contributed by atoms with Gasteiger partial charge in [-0.05, 0) is 56.0 Å². The minimum absolute atomic E-state index is 0. The summed E-state index contributed by atoms with van der Waals surface area (Å²) in [4.78, 5) is 27.0. The average molecular weight is 416 g/mol. The summed E-state index contributed by atoms with van der Waals surface area (Å²) in [5, 5.41) is 6.48. The second-order valence-electron chi connectivity index (χ2n) is 8.30. The maximum atomic E-state index is 12.9. The highest BCUT2D eigenvalue weighted by molar-refractivity contribution is 6.34. The zero-order chi connectivity index (χ0) is 19.3. The number of carbonyl (C=O) groups is 2. The van der Waals surface area contributed by atoms with Crippen LogP contribution in [0.3, 0.4) is 0 Å². The smallest absolute Gasteiger partial charge is 0.255 e. The number of hydrogen-bond donors (Lipinski definition) is 2. The van der Waals surface area contributed by atoms with Crippen LogP contribution in [-0.4, -0.2) is 43.4 Å². The Morgan fingerprint density at radius 3 is 2.63 bits per heavy atom. The van der Waals surface area contributed by atoms with Crippen LogP contribution in [0.5, 0.6) is 0 Å². The van der Waals surface area contributed by atoms with Crippen LogP contribution < -0.4 is 10.6 Å². The second-order valence-corrected chi connectivity index (χ2v) is 8.70. The van der Waals surface area contributed by atoms with Crippen LogP contribution in [0, 0.1) is 11.3 Å². The van der Waals surface area contributed by atoms with E-state index in [4.69, 9.17) is 11.6 Å². The molecule has 1 fully saturated rings. The van der Waals surface area contributed by atoms with Crippen molar-refractivity contribution < 1.29 is 9.59 Å². The number of nitrogens with zero attached hydrogens (tertiary/aromatic N) is 1. The van der Waals surface area contributed by atoms with E-state index in [-0.39, 0.29) is 29.6 Å². The SMILES string of the molecule is CNCC1CCCN(C(=O)c2cc(NC(=O)CC(C)(C)C)ccc2Cl)C1.Cl. The van der Waals surface area contributed by atoms with Gasteiger partial charge in [-0.15, -0.1) is 12.4 Å². The summed E-state index contributed by atoms with van der Waals surface area (Å²) in [7, 11) is 1.93. The number of rotatable bonds is 5. The molecule has 0 aromatic heterocycles. The second kappa shape index (κ2) is 10.3. The van der Waals surface area contributed by atoms with Gasteiger partial charge >= 0.3 is 0 Å². The molecule has 0 spiro atoms. The molecular formula is C20H31Cl2N3O2. The molecule has 0 aliphatic carbocycles. The van der Waals surface area contributed by atoms with E-state index in [0.29, 0.717) is 28.6 Å². The molecule has 1 aliphatic heterocycles. The Kier molecular flexibility index (Phi) is 9.06. The van der Waals surface area contributed by atoms with Gasteiger partial charge in [-0.3, -0.25) is 9.59 Å². The number of nitrogens with one attached hydrogen (secondary N) is 2. The predicted octanol–water partition coefficient (Wildman–Crippen LogP) is 4.21. The standard InChI is InChI=1S/C20H30ClN3O2.ClH/c1-20(2,3)11-18(25)23-15-7-8-17(21)16(10-15)19(26)24-9-5-6-14(13-24)12-22-4;/h7-8,10,14,22H,5-6,9,11-13H2,1-4H3,(H,23,25);1H. The summed E-state index contributed by atoms with van der Waals surface area (Å²) in [6, 6.07) is 5.10. The van der Waals surface area contributed by atoms with E-state index in [1.54, 1.807) is 18.2 Å². The highest BCUT2D eigenvalue weighted by Gasteiger charge is 2.26. The summed E-state index contributed by atoms with van der Waals surface area (Å²) in [6.45, 7) is 8.43. The monoisotopic (exact) mass is 415 g/mol. The summed E-state index contributed by atoms with van der Waals surface area (Å²) < 4.78 is 0. The lowest BCUT2D eigenvalue weighted by Crippen LogP contribution is -2.42. The molecule has 5 nitrogen and oxygen atoms in total. The summed E-state index contributed by atoms with van der Waals surface area (Å²) in [5.74, 6) is 0.333. The van der Waals surface area contributed by atoms with Gasteiger partial charge in [0, 0.05) is 25.2 Å². The van der Waals surface area contributed by atoms with Gasteiger partial charge in [-0.1, -0.05) is 32.4 Å². The number of halogens is 2. The van der Waals surface area contributed by atoms with Gasteiger partial charge in [0.1, 0.15) is 0 Å². The van der Waals surface area contributed by atoms with E-state index in [2.05, 4.69) is 10.6 Å². The van der Waals surface area contributed by atoms with Crippen LogP contribution in [0.4, 0.5) is 5.69 Å². The van der Waals surface area contributed by atoms with E-state index in [9.17, 15) is 9.59 Å². The maximum absolute atomic E-state index is 12.9. The Labute approximate surface area is 173 Å². The Bertz CT molecular complexity index is 657. The van der Waals surface area contributed by atoms with E-state index >= 15 is 0 Å². The number of carbonyl (C=O) groups excluding carboxylic acids is 2. The van der Waals surface area contributed by atoms with Crippen LogP contribution in [0.2, 0.25) is 5.02 Å². The first-order valence-electron chi connectivity index (χ1n) is 9.23. The quantitative estimate of drug-likeness (QED) is 0.756. The maximum Gasteiger partial charge on any atom is 0.255 e. The molecule has 0 saturated carbocycles. The van der Waals surface area contributed by atoms with Crippen molar-refractivity contribution in [2.75, 3.05) is 32.0 Å². The molecule has 1 aromatic carbocycles. The van der Waals surface area contributed by atoms with Crippen molar-refractivity contribution in [1.29, 1.82) is 0 Å². The normalized spacial score (nSPS) is 17.2. The molecule has 2 amide bonds. The molecule has 1 aliphatic rings. The van der Waals surface area contributed by atoms with Crippen LogP contribution in [0.15, 0.2) is 18.2 Å². The van der Waals surface area contributed by atoms with Gasteiger partial charge in [0.25, 0.3) is 5.91 Å². The lowest BCUT2D eigenvalue weighted by Gasteiger charge is -2.33. The van der Waals surface area contributed by atoms with Crippen molar-refractivity contribution in [2.45, 2.75) is 40.0 Å². The molecule has 7 heteroatoms. The van der Waals surface area contributed by atoms with Crippen molar-refractivity contribution in [3.63, 3.8) is 0 Å². The molecule has 1 unspecified atom stereocenters. The fourth-order valence-corrected chi connectivity index (χ4v) is 3.53. The number of amides is 2. The lowest BCUT2D eigenvalue weighted by atomic mass is 9.92. The van der Waals surface area contributed by atoms with E-state index in [1.165, 1.54) is 0 Å². The van der Waals surface area contributed by atoms with Crippen molar-refractivity contribution in [3.05, 3.63) is 28.8 Å². The predicted molar refractivity (Wildman–Crippen MR) is 114 cm³/mol. The van der Waals surface area contributed by atoms with Crippen molar-refractivity contribution in [1.82, 2.24) is 10.2 Å². The third-order valence-corrected chi connectivity index (χ3v) is 4.80. The Balaban J connectivity index is 0.00000364. The Morgan fingerprint density at radius 2 is 2.00 bits per heavy atom. The largest absolute Gasteiger partial charge is 0.338 e. The number of benzene rings is 1. The highest BCUT2D eigenvalue weighted by atomic mass is 35.5. The fourth-order valence-electron chi connectivity index (χ4n) is 3.33. The number of hydrogen-bond acceptors (Lipinski definition) is 3. The third kappa shape index (κ3) is 7.32. The summed E-state index contributed by atoms with van der Waals surface area (Å²) in [6.07, 6.45) is 2.54. The van der Waals surface area contributed by atoms with Crippen LogP contribution in [0.25, 0.3) is 0 Å². The van der Waals surface area contributed by atoms with Crippen molar-refractivity contribution >= 4 is 41.5 Å². The Hall–Kier alpha value is -1.30. The first-order valence-corrected chi connectivity index (χ1v) is 9.60. The van der Waals surface area contributed by atoms with E-state index < -0.39 is 0 Å². The molecule has 1 saturated heterocycles. The first kappa shape index (κ1) is 23.7. The first-order chi connectivity index (χ1) is 12.2. The molecule has 2 N–H and O–H groups in total. The number of piperidine rings is 1. The zero-order valence-electron chi connectivity index (χ0n) is 16.6. The minimum Gasteiger partial charge on any atom is -0.338 e. The van der Waals surface area contributed by atoms with Crippen molar-refractivity contribution in [2.24, 2.45) is 11.3 Å². The summed E-state index contributed by atoms with van der Waals surface area (Å²) >= 11 is 6.28. The molecule has 1 heterocycles. The topological polar surface area (TPSA) is 61.4 Å². The van der Waals surface area contributed by atoms with Crippen molar-refractivity contribution in [3.8, 4) is 0 Å². The van der Waals surface area contributed by atoms with E-state index in [0.717, 1.165) is 32.5 Å². The fraction of sp³-hybridized carbons (Fsp3) is 0.600. The Morgan fingerprint density at radius 1 is 1.30 bits per heavy atom. The molecule has 1 aromatic rings. The molecule has 152 valence electrons. The minimum atomic E-state index is -0.0920. The van der Waals surface area contributed by atoms with Gasteiger partial charge in [-0.2, -0.15) is 0 Å². The zero-order valence-corrected chi connectivity index (χ0v) is 18.2. The van der Waals surface area contributed by atoms with Gasteiger partial charge in [0.15, 0.2) is 0 Å². The molecule has 0 bridgehead atoms. The van der Waals surface area contributed by atoms with E-state index in [1.807, 2.05) is 32.7 Å². The van der Waals surface area contributed by atoms with Gasteiger partial charge < -0.3 is 15.5 Å². The number of anilines is 1. The molecule has 0 radical (unpaired) electrons. The van der Waals surface area contributed by atoms with Crippen LogP contribution >= 0.6 is 24.0 Å². The van der Waals surface area contributed by atoms with Crippen LogP contribution in [0.1, 0.15) is 50.4 Å². The molecule has 2 rings (SSSR count). The third-order valence-electron chi connectivity index (χ3n) is 4.47. The number of likely N-dealkylation sites (tertiary alicyclic amines) is 1. The molecule has 1 atom stereocenters. The highest BCUT2D eigenvalue weighted by Crippen LogP contribution is 2.26. The van der Waals surface area contributed by atoms with Gasteiger partial charge in [0.2, 0.25) is 5.91 Å². The van der Waals surface area contributed by atoms with Gasteiger partial charge in [0.05, 0.1) is 10.6 Å². The van der Waals surface area contributed by atoms with Gasteiger partial charge in [-0.25, -0.2) is 0 Å². The lowest BCUT2D eigenvalue weighted by molar-refractivity contribution is -0.117. The van der Waals surface area contributed by atoms with Crippen LogP contribution in [-0.2, 0) is 4.79 Å².